The zero-order valence-corrected chi connectivity index (χ0v) is 18.4. The topological polar surface area (TPSA) is 88.1 Å². The van der Waals surface area contributed by atoms with E-state index < -0.39 is 10.0 Å². The van der Waals surface area contributed by atoms with Crippen molar-refractivity contribution in [3.8, 4) is 0 Å². The van der Waals surface area contributed by atoms with Gasteiger partial charge in [0, 0.05) is 25.1 Å². The van der Waals surface area contributed by atoms with Gasteiger partial charge >= 0.3 is 0 Å². The third-order valence-corrected chi connectivity index (χ3v) is 7.30. The molecule has 1 N–H and O–H groups in total. The van der Waals surface area contributed by atoms with Gasteiger partial charge in [-0.15, -0.1) is 0 Å². The Morgan fingerprint density at radius 2 is 1.72 bits per heavy atom. The Balaban J connectivity index is 1.31. The lowest BCUT2D eigenvalue weighted by Crippen LogP contribution is -2.40. The molecule has 0 aromatic heterocycles. The number of carbonyl (C=O) groups is 1. The number of nitrogens with one attached hydrogen (secondary N) is 1. The smallest absolute Gasteiger partial charge is 0.243 e. The quantitative estimate of drug-likeness (QED) is 0.442. The van der Waals surface area contributed by atoms with Crippen LogP contribution >= 0.6 is 0 Å². The minimum absolute atomic E-state index is 0.202. The summed E-state index contributed by atoms with van der Waals surface area (Å²) in [5.41, 5.74) is 4.38. The molecule has 0 spiro atoms. The molecule has 8 heteroatoms. The summed E-state index contributed by atoms with van der Waals surface area (Å²) in [6.07, 6.45) is 2.39. The van der Waals surface area contributed by atoms with E-state index >= 15 is 0 Å². The fraction of sp³-hybridized carbons (Fsp3) is 0.250. The van der Waals surface area contributed by atoms with Crippen LogP contribution in [0, 0.1) is 0 Å². The SMILES string of the molecule is O=C(CCc1ccc(S(=O)(=O)N2CCOCC2)cc1)N/N=C/c1cccc2ccccc12. The molecular weight excluding hydrogens is 426 g/mol. The third kappa shape index (κ3) is 5.21. The van der Waals surface area contributed by atoms with Gasteiger partial charge in [-0.25, -0.2) is 13.8 Å². The minimum atomic E-state index is -3.51. The monoisotopic (exact) mass is 451 g/mol. The van der Waals surface area contributed by atoms with Crippen LogP contribution in [0.1, 0.15) is 17.5 Å². The lowest BCUT2D eigenvalue weighted by atomic mass is 10.1. The summed E-state index contributed by atoms with van der Waals surface area (Å²) in [6, 6.07) is 20.6. The highest BCUT2D eigenvalue weighted by molar-refractivity contribution is 7.89. The molecule has 0 atom stereocenters. The van der Waals surface area contributed by atoms with Crippen LogP contribution in [0.15, 0.2) is 76.7 Å². The first kappa shape index (κ1) is 22.1. The first-order valence-electron chi connectivity index (χ1n) is 10.5. The van der Waals surface area contributed by atoms with Crippen LogP contribution in [0.25, 0.3) is 10.8 Å². The van der Waals surface area contributed by atoms with Gasteiger partial charge in [-0.05, 0) is 34.9 Å². The predicted octanol–water partition coefficient (Wildman–Crippen LogP) is 2.94. The molecular formula is C24H25N3O4S. The van der Waals surface area contributed by atoms with E-state index in [0.717, 1.165) is 21.9 Å². The average molecular weight is 452 g/mol. The van der Waals surface area contributed by atoms with Crippen molar-refractivity contribution in [2.45, 2.75) is 17.7 Å². The first-order valence-corrected chi connectivity index (χ1v) is 11.9. The van der Waals surface area contributed by atoms with Crippen LogP contribution in [-0.4, -0.2) is 51.1 Å². The number of rotatable bonds is 7. The Bertz CT molecular complexity index is 1210. The number of hydrogen-bond acceptors (Lipinski definition) is 5. The number of amides is 1. The van der Waals surface area contributed by atoms with E-state index in [1.165, 1.54) is 4.31 Å². The van der Waals surface area contributed by atoms with Gasteiger partial charge in [0.2, 0.25) is 15.9 Å². The number of nitrogens with zero attached hydrogens (tertiary/aromatic N) is 2. The molecule has 4 rings (SSSR count). The predicted molar refractivity (Wildman–Crippen MR) is 124 cm³/mol. The second kappa shape index (κ2) is 10.0. The maximum absolute atomic E-state index is 12.7. The van der Waals surface area contributed by atoms with Crippen molar-refractivity contribution in [2.24, 2.45) is 5.10 Å². The zero-order chi connectivity index (χ0) is 22.4. The van der Waals surface area contributed by atoms with E-state index in [1.807, 2.05) is 42.5 Å². The Labute approximate surface area is 187 Å². The van der Waals surface area contributed by atoms with Crippen LogP contribution in [0.2, 0.25) is 0 Å². The Morgan fingerprint density at radius 1 is 1.00 bits per heavy atom. The molecule has 7 nitrogen and oxygen atoms in total. The molecule has 1 saturated heterocycles. The molecule has 0 radical (unpaired) electrons. The lowest BCUT2D eigenvalue weighted by Gasteiger charge is -2.26. The fourth-order valence-electron chi connectivity index (χ4n) is 3.61. The lowest BCUT2D eigenvalue weighted by molar-refractivity contribution is -0.121. The Kier molecular flexibility index (Phi) is 6.94. The maximum atomic E-state index is 12.7. The molecule has 0 unspecified atom stereocenters. The number of ether oxygens (including phenoxy) is 1. The zero-order valence-electron chi connectivity index (χ0n) is 17.6. The van der Waals surface area contributed by atoms with Crippen LogP contribution in [0.5, 0.6) is 0 Å². The second-order valence-electron chi connectivity index (χ2n) is 7.52. The van der Waals surface area contributed by atoms with Crippen LogP contribution in [0.4, 0.5) is 0 Å². The van der Waals surface area contributed by atoms with Gasteiger partial charge < -0.3 is 4.74 Å². The van der Waals surface area contributed by atoms with Gasteiger partial charge in [0.15, 0.2) is 0 Å². The molecule has 1 aliphatic heterocycles. The van der Waals surface area contributed by atoms with E-state index in [1.54, 1.807) is 30.5 Å². The standard InChI is InChI=1S/C24H25N3O4S/c28-24(26-25-18-21-6-3-5-20-4-1-2-7-23(20)21)13-10-19-8-11-22(12-9-19)32(29,30)27-14-16-31-17-15-27/h1-9,11-12,18H,10,13-17H2,(H,26,28)/b25-18+. The highest BCUT2D eigenvalue weighted by atomic mass is 32.2. The van der Waals surface area contributed by atoms with Crippen molar-refractivity contribution in [3.05, 3.63) is 77.9 Å². The van der Waals surface area contributed by atoms with Crippen molar-refractivity contribution >= 4 is 32.9 Å². The highest BCUT2D eigenvalue weighted by Gasteiger charge is 2.26. The fourth-order valence-corrected chi connectivity index (χ4v) is 5.02. The van der Waals surface area contributed by atoms with Crippen molar-refractivity contribution < 1.29 is 17.9 Å². The maximum Gasteiger partial charge on any atom is 0.243 e. The molecule has 0 saturated carbocycles. The van der Waals surface area contributed by atoms with Gasteiger partial charge in [-0.3, -0.25) is 4.79 Å². The van der Waals surface area contributed by atoms with Crippen molar-refractivity contribution in [1.29, 1.82) is 0 Å². The summed E-state index contributed by atoms with van der Waals surface area (Å²) in [6.45, 7) is 1.55. The van der Waals surface area contributed by atoms with Crippen molar-refractivity contribution in [2.75, 3.05) is 26.3 Å². The number of fused-ring (bicyclic) bond motifs is 1. The summed E-state index contributed by atoms with van der Waals surface area (Å²) >= 11 is 0. The van der Waals surface area contributed by atoms with Crippen LogP contribution in [0.3, 0.4) is 0 Å². The number of sulfonamides is 1. The van der Waals surface area contributed by atoms with E-state index in [0.29, 0.717) is 32.7 Å². The molecule has 3 aromatic rings. The second-order valence-corrected chi connectivity index (χ2v) is 9.46. The van der Waals surface area contributed by atoms with Gasteiger partial charge in [0.1, 0.15) is 0 Å². The van der Waals surface area contributed by atoms with Crippen LogP contribution < -0.4 is 5.43 Å². The van der Waals surface area contributed by atoms with Gasteiger partial charge in [0.25, 0.3) is 0 Å². The number of morpholine rings is 1. The molecule has 0 aliphatic carbocycles. The van der Waals surface area contributed by atoms with Gasteiger partial charge in [0.05, 0.1) is 24.3 Å². The Hall–Kier alpha value is -3.07. The molecule has 3 aromatic carbocycles. The Morgan fingerprint density at radius 3 is 2.50 bits per heavy atom. The van der Waals surface area contributed by atoms with Gasteiger partial charge in [-0.1, -0.05) is 54.6 Å². The summed E-state index contributed by atoms with van der Waals surface area (Å²) in [5.74, 6) is -0.202. The number of hydrazone groups is 1. The van der Waals surface area contributed by atoms with E-state index in [2.05, 4.69) is 10.5 Å². The van der Waals surface area contributed by atoms with E-state index in [4.69, 9.17) is 4.74 Å². The number of aryl methyl sites for hydroxylation is 1. The summed E-state index contributed by atoms with van der Waals surface area (Å²) < 4.78 is 32.0. The van der Waals surface area contributed by atoms with Crippen molar-refractivity contribution in [1.82, 2.24) is 9.73 Å². The third-order valence-electron chi connectivity index (χ3n) is 5.39. The van der Waals surface area contributed by atoms with Crippen LogP contribution in [-0.2, 0) is 26.0 Å². The molecule has 1 heterocycles. The summed E-state index contributed by atoms with van der Waals surface area (Å²) in [5, 5.41) is 6.26. The van der Waals surface area contributed by atoms with Gasteiger partial charge in [-0.2, -0.15) is 9.41 Å². The van der Waals surface area contributed by atoms with E-state index in [9.17, 15) is 13.2 Å². The summed E-state index contributed by atoms with van der Waals surface area (Å²) in [4.78, 5) is 12.4. The molecule has 166 valence electrons. The largest absolute Gasteiger partial charge is 0.379 e. The molecule has 1 amide bonds. The number of hydrogen-bond donors (Lipinski definition) is 1. The minimum Gasteiger partial charge on any atom is -0.379 e. The highest BCUT2D eigenvalue weighted by Crippen LogP contribution is 2.19. The average Bonchev–Trinajstić information content (AvgIpc) is 2.84. The first-order chi connectivity index (χ1) is 15.5. The van der Waals surface area contributed by atoms with Crippen molar-refractivity contribution in [3.63, 3.8) is 0 Å². The van der Waals surface area contributed by atoms with E-state index in [-0.39, 0.29) is 17.2 Å². The molecule has 32 heavy (non-hydrogen) atoms. The molecule has 0 bridgehead atoms. The normalized spacial score (nSPS) is 15.2. The molecule has 1 aliphatic rings. The number of benzene rings is 3. The molecule has 1 fully saturated rings. The summed E-state index contributed by atoms with van der Waals surface area (Å²) in [7, 11) is -3.51. The number of carbonyl (C=O) groups excluding carboxylic acids is 1.